The summed E-state index contributed by atoms with van der Waals surface area (Å²) in [6, 6.07) is 7.57. The number of aromatic nitrogens is 7. The Hall–Kier alpha value is -3.82. The number of nitrogens with one attached hydrogen (secondary N) is 1. The van der Waals surface area contributed by atoms with E-state index in [1.807, 2.05) is 48.8 Å². The predicted molar refractivity (Wildman–Crippen MR) is 108 cm³/mol. The number of nitrogens with zero attached hydrogens (tertiary/aromatic N) is 7. The zero-order valence-corrected chi connectivity index (χ0v) is 16.6. The fourth-order valence-electron chi connectivity index (χ4n) is 3.50. The molecule has 1 unspecified atom stereocenters. The van der Waals surface area contributed by atoms with Crippen LogP contribution in [0.25, 0.3) is 16.9 Å². The summed E-state index contributed by atoms with van der Waals surface area (Å²) in [4.78, 5) is 20.8. The second-order valence-electron chi connectivity index (χ2n) is 7.13. The van der Waals surface area contributed by atoms with Crippen molar-refractivity contribution in [2.45, 2.75) is 19.3 Å². The van der Waals surface area contributed by atoms with E-state index in [9.17, 15) is 4.79 Å². The normalized spacial score (nSPS) is 17.8. The molecule has 1 fully saturated rings. The van der Waals surface area contributed by atoms with Gasteiger partial charge in [0, 0.05) is 37.0 Å². The van der Waals surface area contributed by atoms with Gasteiger partial charge < -0.3 is 10.1 Å². The molecule has 1 aliphatic rings. The second-order valence-corrected chi connectivity index (χ2v) is 7.13. The maximum Gasteiger partial charge on any atom is 0.309 e. The number of carbonyl (C=O) groups excluding carboxylic acids is 1. The molecular formula is C20H20N8O2. The number of pyridine rings is 1. The van der Waals surface area contributed by atoms with Crippen molar-refractivity contribution in [2.75, 3.05) is 11.9 Å². The number of aryl methyl sites for hydroxylation is 1. The topological polar surface area (TPSA) is 112 Å². The minimum atomic E-state index is -0.162. The highest BCUT2D eigenvalue weighted by Gasteiger charge is 2.48. The van der Waals surface area contributed by atoms with E-state index in [1.54, 1.807) is 17.1 Å². The number of hydrogen-bond acceptors (Lipinski definition) is 8. The molecule has 0 radical (unpaired) electrons. The highest BCUT2D eigenvalue weighted by molar-refractivity contribution is 5.77. The van der Waals surface area contributed by atoms with E-state index in [2.05, 4.69) is 30.6 Å². The van der Waals surface area contributed by atoms with E-state index in [1.165, 1.54) is 0 Å². The molecule has 0 bridgehead atoms. The Kier molecular flexibility index (Phi) is 4.38. The lowest BCUT2D eigenvalue weighted by Gasteiger charge is -2.07. The van der Waals surface area contributed by atoms with Crippen LogP contribution in [0.1, 0.15) is 25.1 Å². The second kappa shape index (κ2) is 7.21. The first-order valence-electron chi connectivity index (χ1n) is 9.74. The predicted octanol–water partition coefficient (Wildman–Crippen LogP) is 2.33. The maximum absolute atomic E-state index is 11.9. The third-order valence-corrected chi connectivity index (χ3v) is 5.16. The molecule has 0 amide bonds. The standard InChI is InChI=1S/C20H20N8O2/c1-3-30-19(29)14-11-13(14)18-26-25-17-10-12(6-9-28(17)18)15-4-7-21-20(23-15)24-16-5-8-22-27(16)2/h4-10,13-14H,3,11H2,1-2H3,(H,21,23,24)/t13-,14?/m0/s1. The van der Waals surface area contributed by atoms with E-state index in [0.717, 1.165) is 29.3 Å². The van der Waals surface area contributed by atoms with E-state index in [4.69, 9.17) is 4.74 Å². The maximum atomic E-state index is 11.9. The van der Waals surface area contributed by atoms with Crippen molar-refractivity contribution in [3.05, 3.63) is 48.7 Å². The van der Waals surface area contributed by atoms with Crippen LogP contribution < -0.4 is 5.32 Å². The van der Waals surface area contributed by atoms with Crippen LogP contribution in [-0.2, 0) is 16.6 Å². The fourth-order valence-corrected chi connectivity index (χ4v) is 3.50. The first kappa shape index (κ1) is 18.2. The Morgan fingerprint density at radius 3 is 2.97 bits per heavy atom. The smallest absolute Gasteiger partial charge is 0.309 e. The lowest BCUT2D eigenvalue weighted by molar-refractivity contribution is -0.144. The van der Waals surface area contributed by atoms with Crippen molar-refractivity contribution in [3.63, 3.8) is 0 Å². The third kappa shape index (κ3) is 3.25. The molecular weight excluding hydrogens is 384 g/mol. The van der Waals surface area contributed by atoms with Crippen molar-refractivity contribution in [1.29, 1.82) is 0 Å². The van der Waals surface area contributed by atoms with E-state index in [-0.39, 0.29) is 17.8 Å². The molecule has 4 aromatic rings. The first-order valence-corrected chi connectivity index (χ1v) is 9.74. The summed E-state index contributed by atoms with van der Waals surface area (Å²) in [5.41, 5.74) is 2.36. The van der Waals surface area contributed by atoms with Gasteiger partial charge in [-0.15, -0.1) is 10.2 Å². The summed E-state index contributed by atoms with van der Waals surface area (Å²) in [6.45, 7) is 2.20. The van der Waals surface area contributed by atoms with Crippen LogP contribution in [0.3, 0.4) is 0 Å². The molecule has 10 heteroatoms. The van der Waals surface area contributed by atoms with Gasteiger partial charge in [0.05, 0.1) is 24.4 Å². The Morgan fingerprint density at radius 1 is 1.27 bits per heavy atom. The molecule has 152 valence electrons. The number of anilines is 2. The first-order chi connectivity index (χ1) is 14.6. The minimum Gasteiger partial charge on any atom is -0.466 e. The van der Waals surface area contributed by atoms with E-state index >= 15 is 0 Å². The van der Waals surface area contributed by atoms with Gasteiger partial charge in [0.15, 0.2) is 5.65 Å². The van der Waals surface area contributed by atoms with Gasteiger partial charge in [-0.3, -0.25) is 13.9 Å². The van der Waals surface area contributed by atoms with Gasteiger partial charge in [0.25, 0.3) is 0 Å². The van der Waals surface area contributed by atoms with Crippen molar-refractivity contribution >= 4 is 23.4 Å². The SMILES string of the molecule is CCOC(=O)C1C[C@@H]1c1nnc2cc(-c3ccnc(Nc4ccnn4C)n3)ccn12. The van der Waals surface area contributed by atoms with Crippen LogP contribution in [0.4, 0.5) is 11.8 Å². The highest BCUT2D eigenvalue weighted by Crippen LogP contribution is 2.47. The quantitative estimate of drug-likeness (QED) is 0.487. The van der Waals surface area contributed by atoms with E-state index in [0.29, 0.717) is 18.2 Å². The van der Waals surface area contributed by atoms with Crippen molar-refractivity contribution in [1.82, 2.24) is 34.3 Å². The molecule has 4 aromatic heterocycles. The average Bonchev–Trinajstić information content (AvgIpc) is 3.28. The Labute approximate surface area is 171 Å². The van der Waals surface area contributed by atoms with Gasteiger partial charge in [0.1, 0.15) is 11.6 Å². The number of rotatable bonds is 6. The molecule has 30 heavy (non-hydrogen) atoms. The third-order valence-electron chi connectivity index (χ3n) is 5.16. The number of carbonyl (C=O) groups is 1. The molecule has 4 heterocycles. The number of hydrogen-bond donors (Lipinski definition) is 1. The zero-order chi connectivity index (χ0) is 20.7. The number of ether oxygens (including phenoxy) is 1. The van der Waals surface area contributed by atoms with Gasteiger partial charge in [0.2, 0.25) is 5.95 Å². The molecule has 2 atom stereocenters. The van der Waals surface area contributed by atoms with Crippen LogP contribution in [0.5, 0.6) is 0 Å². The Morgan fingerprint density at radius 2 is 2.17 bits per heavy atom. The Bertz CT molecular complexity index is 1230. The fraction of sp³-hybridized carbons (Fsp3) is 0.300. The molecule has 0 spiro atoms. The molecule has 0 saturated heterocycles. The molecule has 1 aliphatic carbocycles. The van der Waals surface area contributed by atoms with Crippen LogP contribution in [0.15, 0.2) is 42.9 Å². The van der Waals surface area contributed by atoms with Crippen molar-refractivity contribution in [3.8, 4) is 11.3 Å². The van der Waals surface area contributed by atoms with Crippen molar-refractivity contribution < 1.29 is 9.53 Å². The van der Waals surface area contributed by atoms with Crippen LogP contribution >= 0.6 is 0 Å². The molecule has 5 rings (SSSR count). The zero-order valence-electron chi connectivity index (χ0n) is 16.6. The summed E-state index contributed by atoms with van der Waals surface area (Å²) < 4.78 is 8.75. The van der Waals surface area contributed by atoms with Crippen molar-refractivity contribution in [2.24, 2.45) is 13.0 Å². The summed E-state index contributed by atoms with van der Waals surface area (Å²) in [7, 11) is 1.84. The van der Waals surface area contributed by atoms with Gasteiger partial charge in [-0.1, -0.05) is 0 Å². The molecule has 0 aromatic carbocycles. The summed E-state index contributed by atoms with van der Waals surface area (Å²) >= 11 is 0. The van der Waals surface area contributed by atoms with Crippen LogP contribution in [0, 0.1) is 5.92 Å². The molecule has 1 N–H and O–H groups in total. The van der Waals surface area contributed by atoms with Gasteiger partial charge in [-0.05, 0) is 31.5 Å². The number of fused-ring (bicyclic) bond motifs is 1. The molecule has 0 aliphatic heterocycles. The minimum absolute atomic E-state index is 0.0543. The largest absolute Gasteiger partial charge is 0.466 e. The van der Waals surface area contributed by atoms with Gasteiger partial charge >= 0.3 is 5.97 Å². The monoisotopic (exact) mass is 404 g/mol. The summed E-state index contributed by atoms with van der Waals surface area (Å²) in [5.74, 6) is 1.83. The lowest BCUT2D eigenvalue weighted by atomic mass is 10.2. The Balaban J connectivity index is 1.39. The van der Waals surface area contributed by atoms with E-state index < -0.39 is 0 Å². The van der Waals surface area contributed by atoms with Gasteiger partial charge in [-0.2, -0.15) is 5.10 Å². The summed E-state index contributed by atoms with van der Waals surface area (Å²) in [5, 5.41) is 15.9. The summed E-state index contributed by atoms with van der Waals surface area (Å²) in [6.07, 6.45) is 6.07. The highest BCUT2D eigenvalue weighted by atomic mass is 16.5. The molecule has 10 nitrogen and oxygen atoms in total. The van der Waals surface area contributed by atoms with Crippen LogP contribution in [-0.4, -0.2) is 46.9 Å². The average molecular weight is 404 g/mol. The molecule has 1 saturated carbocycles. The van der Waals surface area contributed by atoms with Gasteiger partial charge in [-0.25, -0.2) is 9.97 Å². The lowest BCUT2D eigenvalue weighted by Crippen LogP contribution is -2.08. The van der Waals surface area contributed by atoms with Crippen LogP contribution in [0.2, 0.25) is 0 Å². The number of esters is 1.